The first-order chi connectivity index (χ1) is 9.94. The number of sulfonamides is 1. The van der Waals surface area contributed by atoms with Gasteiger partial charge in [0.15, 0.2) is 0 Å². The molecule has 7 heteroatoms. The summed E-state index contributed by atoms with van der Waals surface area (Å²) < 4.78 is 33.5. The van der Waals surface area contributed by atoms with Crippen LogP contribution in [0.2, 0.25) is 0 Å². The first-order valence-electron chi connectivity index (χ1n) is 7.49. The fraction of sp³-hybridized carbons (Fsp3) is 0.600. The van der Waals surface area contributed by atoms with E-state index in [0.717, 1.165) is 37.1 Å². The second-order valence-electron chi connectivity index (χ2n) is 6.10. The topological polar surface area (TPSA) is 67.4 Å². The molecule has 3 unspecified atom stereocenters. The minimum Gasteiger partial charge on any atom is -0.490 e. The van der Waals surface area contributed by atoms with E-state index in [9.17, 15) is 8.42 Å². The molecule has 0 aromatic heterocycles. The maximum absolute atomic E-state index is 12.5. The van der Waals surface area contributed by atoms with Crippen LogP contribution in [0.5, 0.6) is 5.75 Å². The van der Waals surface area contributed by atoms with Gasteiger partial charge in [0.2, 0.25) is 10.0 Å². The van der Waals surface area contributed by atoms with Crippen LogP contribution in [0.4, 0.5) is 0 Å². The van der Waals surface area contributed by atoms with E-state index in [1.54, 1.807) is 18.2 Å². The molecule has 0 bridgehead atoms. The first-order valence-corrected chi connectivity index (χ1v) is 8.97. The Balaban J connectivity index is 0.00000176. The lowest BCUT2D eigenvalue weighted by Gasteiger charge is -2.28. The van der Waals surface area contributed by atoms with Crippen LogP contribution < -0.4 is 14.8 Å². The summed E-state index contributed by atoms with van der Waals surface area (Å²) >= 11 is 0. The van der Waals surface area contributed by atoms with Gasteiger partial charge in [-0.2, -0.15) is 0 Å². The monoisotopic (exact) mass is 346 g/mol. The number of rotatable bonds is 3. The van der Waals surface area contributed by atoms with Crippen molar-refractivity contribution in [3.05, 3.63) is 23.8 Å². The molecular weight excluding hydrogens is 324 g/mol. The average molecular weight is 347 g/mol. The van der Waals surface area contributed by atoms with Crippen LogP contribution in [0.15, 0.2) is 23.1 Å². The van der Waals surface area contributed by atoms with Crippen LogP contribution in [0.3, 0.4) is 0 Å². The summed E-state index contributed by atoms with van der Waals surface area (Å²) in [6, 6.07) is 5.49. The predicted molar refractivity (Wildman–Crippen MR) is 88.3 cm³/mol. The van der Waals surface area contributed by atoms with E-state index < -0.39 is 10.0 Å². The molecule has 3 rings (SSSR count). The molecule has 0 spiro atoms. The van der Waals surface area contributed by atoms with Crippen molar-refractivity contribution < 1.29 is 13.2 Å². The maximum Gasteiger partial charge on any atom is 0.240 e. The van der Waals surface area contributed by atoms with E-state index in [1.165, 1.54) is 0 Å². The van der Waals surface area contributed by atoms with Crippen molar-refractivity contribution in [3.63, 3.8) is 0 Å². The van der Waals surface area contributed by atoms with Crippen molar-refractivity contribution in [2.45, 2.75) is 56.2 Å². The van der Waals surface area contributed by atoms with E-state index >= 15 is 0 Å². The number of benzene rings is 1. The summed E-state index contributed by atoms with van der Waals surface area (Å²) in [5.41, 5.74) is 0.976. The summed E-state index contributed by atoms with van der Waals surface area (Å²) in [4.78, 5) is 0.338. The Morgan fingerprint density at radius 3 is 2.82 bits per heavy atom. The molecule has 1 saturated heterocycles. The highest BCUT2D eigenvalue weighted by Crippen LogP contribution is 2.30. The lowest BCUT2D eigenvalue weighted by atomic mass is 10.0. The quantitative estimate of drug-likeness (QED) is 0.876. The number of nitrogens with one attached hydrogen (secondary N) is 2. The van der Waals surface area contributed by atoms with Gasteiger partial charge in [-0.1, -0.05) is 0 Å². The van der Waals surface area contributed by atoms with E-state index in [-0.39, 0.29) is 24.6 Å². The van der Waals surface area contributed by atoms with Gasteiger partial charge < -0.3 is 10.1 Å². The highest BCUT2D eigenvalue weighted by molar-refractivity contribution is 7.89. The first kappa shape index (κ1) is 17.5. The average Bonchev–Trinajstić information content (AvgIpc) is 2.77. The highest BCUT2D eigenvalue weighted by Gasteiger charge is 2.26. The van der Waals surface area contributed by atoms with E-state index in [0.29, 0.717) is 10.9 Å². The summed E-state index contributed by atoms with van der Waals surface area (Å²) in [7, 11) is -3.46. The van der Waals surface area contributed by atoms with Gasteiger partial charge in [-0.3, -0.25) is 0 Å². The van der Waals surface area contributed by atoms with Crippen molar-refractivity contribution in [2.75, 3.05) is 6.54 Å². The molecular formula is C15H23ClN2O3S. The molecule has 2 N–H and O–H groups in total. The molecule has 1 aromatic rings. The maximum atomic E-state index is 12.5. The number of fused-ring (bicyclic) bond motifs is 1. The second kappa shape index (κ2) is 6.74. The smallest absolute Gasteiger partial charge is 0.240 e. The van der Waals surface area contributed by atoms with Gasteiger partial charge in [0.1, 0.15) is 11.9 Å². The predicted octanol–water partition coefficient (Wildman–Crippen LogP) is 1.85. The standard InChI is InChI=1S/C15H22N2O3S.ClH/c1-10-7-13(5-6-16-10)17-21(18,19)14-3-4-15-12(9-14)8-11(2)20-15;/h3-4,9-11,13,16-17H,5-8H2,1-2H3;1H. The number of hydrogen-bond acceptors (Lipinski definition) is 4. The van der Waals surface area contributed by atoms with Crippen LogP contribution in [-0.4, -0.2) is 33.2 Å². The van der Waals surface area contributed by atoms with Gasteiger partial charge in [-0.15, -0.1) is 12.4 Å². The summed E-state index contributed by atoms with van der Waals surface area (Å²) in [6.07, 6.45) is 2.54. The lowest BCUT2D eigenvalue weighted by Crippen LogP contribution is -2.46. The van der Waals surface area contributed by atoms with Crippen LogP contribution >= 0.6 is 12.4 Å². The normalized spacial score (nSPS) is 27.6. The third-order valence-electron chi connectivity index (χ3n) is 4.12. The molecule has 2 aliphatic rings. The van der Waals surface area contributed by atoms with Crippen molar-refractivity contribution in [1.82, 2.24) is 10.0 Å². The largest absolute Gasteiger partial charge is 0.490 e. The van der Waals surface area contributed by atoms with Crippen LogP contribution in [0, 0.1) is 0 Å². The third-order valence-corrected chi connectivity index (χ3v) is 5.64. The van der Waals surface area contributed by atoms with E-state index in [4.69, 9.17) is 4.74 Å². The van der Waals surface area contributed by atoms with Gasteiger partial charge in [-0.05, 0) is 57.0 Å². The van der Waals surface area contributed by atoms with Crippen molar-refractivity contribution in [2.24, 2.45) is 0 Å². The summed E-state index contributed by atoms with van der Waals surface area (Å²) in [5, 5.41) is 3.32. The van der Waals surface area contributed by atoms with Crippen LogP contribution in [0.25, 0.3) is 0 Å². The van der Waals surface area contributed by atoms with Crippen LogP contribution in [0.1, 0.15) is 32.3 Å². The third kappa shape index (κ3) is 3.74. The zero-order valence-electron chi connectivity index (χ0n) is 12.8. The zero-order chi connectivity index (χ0) is 15.0. The highest BCUT2D eigenvalue weighted by atomic mass is 35.5. The fourth-order valence-electron chi connectivity index (χ4n) is 3.09. The number of hydrogen-bond donors (Lipinski definition) is 2. The van der Waals surface area contributed by atoms with Crippen molar-refractivity contribution in [1.29, 1.82) is 0 Å². The zero-order valence-corrected chi connectivity index (χ0v) is 14.5. The lowest BCUT2D eigenvalue weighted by molar-refractivity contribution is 0.254. The minimum absolute atomic E-state index is 0. The molecule has 3 atom stereocenters. The Labute approximate surface area is 138 Å². The van der Waals surface area contributed by atoms with Gasteiger partial charge in [0.25, 0.3) is 0 Å². The number of ether oxygens (including phenoxy) is 1. The Hall–Kier alpha value is -0.820. The molecule has 1 aromatic carbocycles. The minimum atomic E-state index is -3.46. The van der Waals surface area contributed by atoms with E-state index in [2.05, 4.69) is 17.0 Å². The Kier molecular flexibility index (Phi) is 5.37. The van der Waals surface area contributed by atoms with Gasteiger partial charge in [-0.25, -0.2) is 13.1 Å². The van der Waals surface area contributed by atoms with Gasteiger partial charge in [0.05, 0.1) is 4.90 Å². The molecule has 2 aliphatic heterocycles. The molecule has 22 heavy (non-hydrogen) atoms. The second-order valence-corrected chi connectivity index (χ2v) is 7.81. The Morgan fingerprint density at radius 1 is 1.32 bits per heavy atom. The summed E-state index contributed by atoms with van der Waals surface area (Å²) in [5.74, 6) is 0.803. The van der Waals surface area contributed by atoms with E-state index in [1.807, 2.05) is 6.92 Å². The molecule has 1 fully saturated rings. The molecule has 0 saturated carbocycles. The molecule has 0 aliphatic carbocycles. The number of piperidine rings is 1. The SMILES string of the molecule is CC1CC(NS(=O)(=O)c2ccc3c(c2)CC(C)O3)CCN1.Cl. The summed E-state index contributed by atoms with van der Waals surface area (Å²) in [6.45, 7) is 4.92. The van der Waals surface area contributed by atoms with Crippen molar-refractivity contribution >= 4 is 22.4 Å². The van der Waals surface area contributed by atoms with Gasteiger partial charge >= 0.3 is 0 Å². The molecule has 124 valence electrons. The molecule has 2 heterocycles. The van der Waals surface area contributed by atoms with Crippen molar-refractivity contribution in [3.8, 4) is 5.75 Å². The van der Waals surface area contributed by atoms with Gasteiger partial charge in [0, 0.05) is 18.5 Å². The Morgan fingerprint density at radius 2 is 2.09 bits per heavy atom. The number of halogens is 1. The van der Waals surface area contributed by atoms with Crippen LogP contribution in [-0.2, 0) is 16.4 Å². The molecule has 0 radical (unpaired) electrons. The fourth-order valence-corrected chi connectivity index (χ4v) is 4.43. The molecule has 5 nitrogen and oxygen atoms in total. The Bertz CT molecular complexity index is 636. The molecule has 0 amide bonds.